The molecular weight excluding hydrogens is 252 g/mol. The van der Waals surface area contributed by atoms with Gasteiger partial charge in [0.05, 0.1) is 11.3 Å². The van der Waals surface area contributed by atoms with Gasteiger partial charge < -0.3 is 14.9 Å². The van der Waals surface area contributed by atoms with Crippen molar-refractivity contribution in [1.82, 2.24) is 4.90 Å². The molecule has 2 rings (SSSR count). The number of nitrogens with zero attached hydrogens (tertiary/aromatic N) is 2. The maximum Gasteiger partial charge on any atom is 0.337 e. The van der Waals surface area contributed by atoms with Gasteiger partial charge >= 0.3 is 5.97 Å². The van der Waals surface area contributed by atoms with Crippen LogP contribution in [0, 0.1) is 6.92 Å². The standard InChI is InChI=1S/C16H24N2O2/c1-12-7-5-8-13(15(19)20)14(12)18(4)11-16(17(2)3)9-6-10-16/h5,7-8H,6,9-11H2,1-4H3,(H,19,20). The highest BCUT2D eigenvalue weighted by atomic mass is 16.4. The summed E-state index contributed by atoms with van der Waals surface area (Å²) in [6, 6.07) is 5.47. The molecule has 1 aliphatic rings. The fourth-order valence-electron chi connectivity index (χ4n) is 3.19. The van der Waals surface area contributed by atoms with E-state index in [4.69, 9.17) is 0 Å². The Hall–Kier alpha value is -1.55. The molecule has 0 amide bonds. The lowest BCUT2D eigenvalue weighted by Crippen LogP contribution is -2.57. The van der Waals surface area contributed by atoms with Crippen molar-refractivity contribution in [2.24, 2.45) is 0 Å². The number of rotatable bonds is 5. The Kier molecular flexibility index (Phi) is 4.04. The lowest BCUT2D eigenvalue weighted by molar-refractivity contribution is 0.0670. The van der Waals surface area contributed by atoms with Crippen LogP contribution in [0.1, 0.15) is 35.2 Å². The zero-order valence-electron chi connectivity index (χ0n) is 12.8. The largest absolute Gasteiger partial charge is 0.478 e. The van der Waals surface area contributed by atoms with Crippen LogP contribution in [0.5, 0.6) is 0 Å². The Balaban J connectivity index is 2.30. The second-order valence-electron chi connectivity index (χ2n) is 6.10. The highest BCUT2D eigenvalue weighted by Crippen LogP contribution is 2.38. The molecule has 1 aliphatic carbocycles. The van der Waals surface area contributed by atoms with Gasteiger partial charge in [0.25, 0.3) is 0 Å². The molecule has 1 saturated carbocycles. The van der Waals surface area contributed by atoms with Gasteiger partial charge in [-0.2, -0.15) is 0 Å². The Morgan fingerprint density at radius 1 is 1.30 bits per heavy atom. The Bertz CT molecular complexity index is 507. The van der Waals surface area contributed by atoms with E-state index in [0.29, 0.717) is 5.56 Å². The molecule has 4 heteroatoms. The minimum atomic E-state index is -0.858. The quantitative estimate of drug-likeness (QED) is 0.898. The third-order valence-corrected chi connectivity index (χ3v) is 4.61. The van der Waals surface area contributed by atoms with E-state index in [1.807, 2.05) is 20.0 Å². The molecule has 1 fully saturated rings. The number of para-hydroxylation sites is 1. The van der Waals surface area contributed by atoms with E-state index < -0.39 is 5.97 Å². The molecule has 0 saturated heterocycles. The summed E-state index contributed by atoms with van der Waals surface area (Å²) >= 11 is 0. The molecule has 1 aromatic rings. The molecule has 1 N–H and O–H groups in total. The number of aryl methyl sites for hydroxylation is 1. The van der Waals surface area contributed by atoms with Crippen LogP contribution in [0.25, 0.3) is 0 Å². The van der Waals surface area contributed by atoms with Crippen molar-refractivity contribution in [3.63, 3.8) is 0 Å². The van der Waals surface area contributed by atoms with Gasteiger partial charge in [0.2, 0.25) is 0 Å². The number of carbonyl (C=O) groups is 1. The topological polar surface area (TPSA) is 43.8 Å². The second kappa shape index (κ2) is 5.44. The molecule has 0 aliphatic heterocycles. The first-order valence-corrected chi connectivity index (χ1v) is 7.09. The molecular formula is C16H24N2O2. The van der Waals surface area contributed by atoms with Crippen LogP contribution in [0.4, 0.5) is 5.69 Å². The summed E-state index contributed by atoms with van der Waals surface area (Å²) in [6.45, 7) is 2.84. The minimum absolute atomic E-state index is 0.187. The third-order valence-electron chi connectivity index (χ3n) is 4.61. The number of carboxylic acid groups (broad SMARTS) is 1. The number of carboxylic acids is 1. The average Bonchev–Trinajstić information content (AvgIpc) is 2.32. The Labute approximate surface area is 121 Å². The molecule has 0 aromatic heterocycles. The van der Waals surface area contributed by atoms with Gasteiger partial charge in [-0.3, -0.25) is 0 Å². The number of hydrogen-bond donors (Lipinski definition) is 1. The molecule has 0 bridgehead atoms. The number of anilines is 1. The average molecular weight is 276 g/mol. The van der Waals surface area contributed by atoms with Gasteiger partial charge in [0.1, 0.15) is 0 Å². The van der Waals surface area contributed by atoms with Crippen molar-refractivity contribution in [2.75, 3.05) is 32.6 Å². The zero-order chi connectivity index (χ0) is 14.9. The Morgan fingerprint density at radius 3 is 2.40 bits per heavy atom. The van der Waals surface area contributed by atoms with Gasteiger partial charge in [-0.15, -0.1) is 0 Å². The molecule has 0 heterocycles. The summed E-state index contributed by atoms with van der Waals surface area (Å²) in [5.41, 5.74) is 2.43. The van der Waals surface area contributed by atoms with Gasteiger partial charge in [-0.05, 0) is 51.9 Å². The molecule has 20 heavy (non-hydrogen) atoms. The van der Waals surface area contributed by atoms with Crippen LogP contribution in [0.2, 0.25) is 0 Å². The summed E-state index contributed by atoms with van der Waals surface area (Å²) in [4.78, 5) is 15.8. The number of benzene rings is 1. The summed E-state index contributed by atoms with van der Waals surface area (Å²) in [5.74, 6) is -0.858. The smallest absolute Gasteiger partial charge is 0.337 e. The van der Waals surface area contributed by atoms with Gasteiger partial charge in [-0.25, -0.2) is 4.79 Å². The lowest BCUT2D eigenvalue weighted by Gasteiger charge is -2.49. The van der Waals surface area contributed by atoms with Crippen LogP contribution in [0.15, 0.2) is 18.2 Å². The molecule has 1 aromatic carbocycles. The van der Waals surface area contributed by atoms with Crippen LogP contribution in [-0.4, -0.2) is 49.2 Å². The van der Waals surface area contributed by atoms with Crippen molar-refractivity contribution < 1.29 is 9.90 Å². The van der Waals surface area contributed by atoms with E-state index in [2.05, 4.69) is 23.9 Å². The maximum absolute atomic E-state index is 11.4. The predicted molar refractivity (Wildman–Crippen MR) is 81.7 cm³/mol. The number of likely N-dealkylation sites (N-methyl/N-ethyl adjacent to an activating group) is 2. The fraction of sp³-hybridized carbons (Fsp3) is 0.562. The van der Waals surface area contributed by atoms with E-state index in [1.165, 1.54) is 19.3 Å². The monoisotopic (exact) mass is 276 g/mol. The second-order valence-corrected chi connectivity index (χ2v) is 6.10. The van der Waals surface area contributed by atoms with Crippen molar-refractivity contribution in [2.45, 2.75) is 31.7 Å². The SMILES string of the molecule is Cc1cccc(C(=O)O)c1N(C)CC1(N(C)C)CCC1. The molecule has 4 nitrogen and oxygen atoms in total. The molecule has 0 unspecified atom stereocenters. The first-order chi connectivity index (χ1) is 9.37. The molecule has 0 atom stereocenters. The van der Waals surface area contributed by atoms with Gasteiger partial charge in [0.15, 0.2) is 0 Å². The highest BCUT2D eigenvalue weighted by molar-refractivity contribution is 5.95. The van der Waals surface area contributed by atoms with Crippen LogP contribution >= 0.6 is 0 Å². The van der Waals surface area contributed by atoms with Gasteiger partial charge in [0, 0.05) is 19.1 Å². The normalized spacial score (nSPS) is 16.9. The van der Waals surface area contributed by atoms with Crippen LogP contribution in [0.3, 0.4) is 0 Å². The highest BCUT2D eigenvalue weighted by Gasteiger charge is 2.40. The number of aromatic carboxylic acids is 1. The predicted octanol–water partition coefficient (Wildman–Crippen LogP) is 2.61. The maximum atomic E-state index is 11.4. The number of hydrogen-bond acceptors (Lipinski definition) is 3. The first-order valence-electron chi connectivity index (χ1n) is 7.09. The van der Waals surface area contributed by atoms with E-state index in [1.54, 1.807) is 12.1 Å². The zero-order valence-corrected chi connectivity index (χ0v) is 12.8. The summed E-state index contributed by atoms with van der Waals surface area (Å²) in [5, 5.41) is 9.38. The van der Waals surface area contributed by atoms with Crippen LogP contribution in [-0.2, 0) is 0 Å². The fourth-order valence-corrected chi connectivity index (χ4v) is 3.19. The molecule has 0 radical (unpaired) electrons. The minimum Gasteiger partial charge on any atom is -0.478 e. The summed E-state index contributed by atoms with van der Waals surface area (Å²) < 4.78 is 0. The summed E-state index contributed by atoms with van der Waals surface area (Å²) in [6.07, 6.45) is 3.61. The van der Waals surface area contributed by atoms with Gasteiger partial charge in [-0.1, -0.05) is 12.1 Å². The van der Waals surface area contributed by atoms with E-state index in [-0.39, 0.29) is 5.54 Å². The van der Waals surface area contributed by atoms with Crippen molar-refractivity contribution in [3.05, 3.63) is 29.3 Å². The van der Waals surface area contributed by atoms with Crippen molar-refractivity contribution in [3.8, 4) is 0 Å². The first kappa shape index (κ1) is 14.9. The van der Waals surface area contributed by atoms with E-state index in [9.17, 15) is 9.90 Å². The molecule has 110 valence electrons. The summed E-state index contributed by atoms with van der Waals surface area (Å²) in [7, 11) is 6.23. The van der Waals surface area contributed by atoms with Crippen molar-refractivity contribution >= 4 is 11.7 Å². The van der Waals surface area contributed by atoms with E-state index in [0.717, 1.165) is 17.8 Å². The Morgan fingerprint density at radius 2 is 1.95 bits per heavy atom. The lowest BCUT2D eigenvalue weighted by atomic mass is 9.75. The van der Waals surface area contributed by atoms with Crippen molar-refractivity contribution in [1.29, 1.82) is 0 Å². The van der Waals surface area contributed by atoms with E-state index >= 15 is 0 Å². The molecule has 0 spiro atoms. The van der Waals surface area contributed by atoms with Crippen LogP contribution < -0.4 is 4.90 Å². The third kappa shape index (κ3) is 2.52.